The number of allylic oxidation sites excluding steroid dienone is 3. The van der Waals surface area contributed by atoms with Crippen molar-refractivity contribution in [1.82, 2.24) is 0 Å². The number of esters is 2. The van der Waals surface area contributed by atoms with Crippen LogP contribution in [0.15, 0.2) is 24.3 Å². The SMILES string of the molecule is CCCCCCCCCCCCC/C=C/C=C/C(=O)O[C@H](COC(=O)CCCCCCCCCCCCCCCC)COP(=O)(O)O. The molecule has 2 N–H and O–H groups in total. The first-order valence-corrected chi connectivity index (χ1v) is 20.7. The van der Waals surface area contributed by atoms with E-state index < -0.39 is 32.5 Å². The summed E-state index contributed by atoms with van der Waals surface area (Å²) >= 11 is 0. The maximum atomic E-state index is 12.2. The topological polar surface area (TPSA) is 119 Å². The molecule has 0 amide bonds. The van der Waals surface area contributed by atoms with Gasteiger partial charge in [-0.2, -0.15) is 0 Å². The molecule has 0 aliphatic rings. The van der Waals surface area contributed by atoms with Crippen LogP contribution in [0.2, 0.25) is 0 Å². The van der Waals surface area contributed by atoms with Gasteiger partial charge in [-0.25, -0.2) is 9.36 Å². The Morgan fingerprint density at radius 2 is 1.02 bits per heavy atom. The van der Waals surface area contributed by atoms with Crippen molar-refractivity contribution in [2.45, 2.75) is 193 Å². The van der Waals surface area contributed by atoms with Crippen molar-refractivity contribution in [2.24, 2.45) is 0 Å². The molecule has 0 fully saturated rings. The first kappa shape index (κ1) is 45.5. The Hall–Kier alpha value is -1.47. The molecule has 1 atom stereocenters. The standard InChI is InChI=1S/C38H71O8P/c1-3-5-7-9-11-13-15-17-19-21-23-25-27-29-31-33-38(40)46-36(35-45-47(41,42)43)34-44-37(39)32-30-28-26-24-22-20-18-16-14-12-10-8-6-4-2/h27,29,31,33,36H,3-26,28,30,32,34-35H2,1-2H3,(H2,41,42,43)/b29-27+,33-31+/t36-/m1/s1. The number of phosphoric ester groups is 1. The van der Waals surface area contributed by atoms with E-state index in [2.05, 4.69) is 18.4 Å². The van der Waals surface area contributed by atoms with Crippen molar-refractivity contribution >= 4 is 19.8 Å². The summed E-state index contributed by atoms with van der Waals surface area (Å²) in [6.45, 7) is 3.59. The van der Waals surface area contributed by atoms with Gasteiger partial charge in [-0.05, 0) is 19.3 Å². The second-order valence-electron chi connectivity index (χ2n) is 13.0. The van der Waals surface area contributed by atoms with Gasteiger partial charge in [0, 0.05) is 12.5 Å². The zero-order valence-electron chi connectivity index (χ0n) is 30.2. The number of hydrogen-bond donors (Lipinski definition) is 2. The smallest absolute Gasteiger partial charge is 0.462 e. The monoisotopic (exact) mass is 686 g/mol. The zero-order chi connectivity index (χ0) is 34.7. The molecule has 0 aliphatic heterocycles. The minimum atomic E-state index is -4.77. The number of rotatable bonds is 35. The molecule has 9 heteroatoms. The minimum absolute atomic E-state index is 0.252. The van der Waals surface area contributed by atoms with Crippen LogP contribution in [0.3, 0.4) is 0 Å². The molecule has 0 radical (unpaired) electrons. The normalized spacial score (nSPS) is 12.7. The van der Waals surface area contributed by atoms with Gasteiger partial charge in [0.1, 0.15) is 6.61 Å². The summed E-state index contributed by atoms with van der Waals surface area (Å²) in [5.41, 5.74) is 0. The lowest BCUT2D eigenvalue weighted by atomic mass is 10.0. The third-order valence-corrected chi connectivity index (χ3v) is 8.82. The van der Waals surface area contributed by atoms with Crippen molar-refractivity contribution < 1.29 is 37.9 Å². The van der Waals surface area contributed by atoms with Gasteiger partial charge in [-0.3, -0.25) is 9.32 Å². The van der Waals surface area contributed by atoms with Crippen LogP contribution in [-0.4, -0.2) is 41.0 Å². The lowest BCUT2D eigenvalue weighted by Crippen LogP contribution is -2.29. The van der Waals surface area contributed by atoms with E-state index in [-0.39, 0.29) is 13.0 Å². The van der Waals surface area contributed by atoms with E-state index in [1.807, 2.05) is 6.08 Å². The fourth-order valence-electron chi connectivity index (χ4n) is 5.46. The van der Waals surface area contributed by atoms with E-state index >= 15 is 0 Å². The van der Waals surface area contributed by atoms with Gasteiger partial charge in [0.2, 0.25) is 0 Å². The fraction of sp³-hybridized carbons (Fsp3) is 0.842. The summed E-state index contributed by atoms with van der Waals surface area (Å²) in [6.07, 6.45) is 38.1. The number of phosphoric acid groups is 1. The first-order chi connectivity index (χ1) is 22.8. The summed E-state index contributed by atoms with van der Waals surface area (Å²) in [4.78, 5) is 42.5. The van der Waals surface area contributed by atoms with Crippen LogP contribution >= 0.6 is 7.82 Å². The molecule has 0 saturated carbocycles. The summed E-state index contributed by atoms with van der Waals surface area (Å²) in [5, 5.41) is 0. The molecule has 0 heterocycles. The summed E-state index contributed by atoms with van der Waals surface area (Å²) in [6, 6.07) is 0. The van der Waals surface area contributed by atoms with Crippen molar-refractivity contribution in [3.05, 3.63) is 24.3 Å². The molecule has 0 rings (SSSR count). The van der Waals surface area contributed by atoms with Crippen LogP contribution in [0.5, 0.6) is 0 Å². The zero-order valence-corrected chi connectivity index (χ0v) is 31.1. The Labute approximate surface area is 288 Å². The van der Waals surface area contributed by atoms with Crippen LogP contribution in [0.4, 0.5) is 0 Å². The molecular weight excluding hydrogens is 615 g/mol. The Kier molecular flexibility index (Phi) is 33.3. The molecule has 47 heavy (non-hydrogen) atoms. The third kappa shape index (κ3) is 37.2. The van der Waals surface area contributed by atoms with E-state index in [1.54, 1.807) is 12.2 Å². The molecule has 0 saturated heterocycles. The van der Waals surface area contributed by atoms with E-state index in [9.17, 15) is 14.2 Å². The largest absolute Gasteiger partial charge is 0.469 e. The van der Waals surface area contributed by atoms with Crippen molar-refractivity contribution in [2.75, 3.05) is 13.2 Å². The van der Waals surface area contributed by atoms with Gasteiger partial charge >= 0.3 is 19.8 Å². The number of carbonyl (C=O) groups excluding carboxylic acids is 2. The molecule has 8 nitrogen and oxygen atoms in total. The Bertz CT molecular complexity index is 823. The highest BCUT2D eigenvalue weighted by Crippen LogP contribution is 2.35. The molecular formula is C38H71O8P. The van der Waals surface area contributed by atoms with Crippen LogP contribution in [0.25, 0.3) is 0 Å². The number of carbonyl (C=O) groups is 2. The highest BCUT2D eigenvalue weighted by molar-refractivity contribution is 7.46. The van der Waals surface area contributed by atoms with Gasteiger partial charge in [-0.1, -0.05) is 180 Å². The average Bonchev–Trinajstić information content (AvgIpc) is 3.03. The van der Waals surface area contributed by atoms with Crippen molar-refractivity contribution in [3.63, 3.8) is 0 Å². The van der Waals surface area contributed by atoms with E-state index in [4.69, 9.17) is 19.3 Å². The Balaban J connectivity index is 4.04. The highest BCUT2D eigenvalue weighted by atomic mass is 31.2. The van der Waals surface area contributed by atoms with Crippen molar-refractivity contribution in [3.8, 4) is 0 Å². The molecule has 0 unspecified atom stereocenters. The summed E-state index contributed by atoms with van der Waals surface area (Å²) < 4.78 is 26.1. The third-order valence-electron chi connectivity index (χ3n) is 8.33. The van der Waals surface area contributed by atoms with Gasteiger partial charge in [0.25, 0.3) is 0 Å². The van der Waals surface area contributed by atoms with Gasteiger partial charge in [-0.15, -0.1) is 0 Å². The maximum Gasteiger partial charge on any atom is 0.469 e. The number of ether oxygens (including phenoxy) is 2. The van der Waals surface area contributed by atoms with Gasteiger partial charge in [0.15, 0.2) is 6.10 Å². The molecule has 0 bridgehead atoms. The molecule has 0 aromatic rings. The lowest BCUT2D eigenvalue weighted by molar-refractivity contribution is -0.157. The second kappa shape index (κ2) is 34.4. The predicted octanol–water partition coefficient (Wildman–Crippen LogP) is 11.2. The number of unbranched alkanes of at least 4 members (excludes halogenated alkanes) is 24. The van der Waals surface area contributed by atoms with Crippen LogP contribution in [0, 0.1) is 0 Å². The second-order valence-corrected chi connectivity index (χ2v) is 14.2. The Morgan fingerprint density at radius 1 is 0.596 bits per heavy atom. The lowest BCUT2D eigenvalue weighted by Gasteiger charge is -2.17. The maximum absolute atomic E-state index is 12.2. The van der Waals surface area contributed by atoms with Crippen molar-refractivity contribution in [1.29, 1.82) is 0 Å². The van der Waals surface area contributed by atoms with Gasteiger partial charge < -0.3 is 19.3 Å². The Morgan fingerprint density at radius 3 is 1.47 bits per heavy atom. The van der Waals surface area contributed by atoms with Gasteiger partial charge in [0.05, 0.1) is 6.61 Å². The molecule has 0 aliphatic carbocycles. The molecule has 276 valence electrons. The van der Waals surface area contributed by atoms with E-state index in [0.29, 0.717) is 6.42 Å². The molecule has 0 aromatic heterocycles. The molecule has 0 spiro atoms. The van der Waals surface area contributed by atoms with E-state index in [0.717, 1.165) is 25.7 Å². The highest BCUT2D eigenvalue weighted by Gasteiger charge is 2.22. The van der Waals surface area contributed by atoms with Crippen LogP contribution < -0.4 is 0 Å². The van der Waals surface area contributed by atoms with Crippen LogP contribution in [0.1, 0.15) is 187 Å². The molecule has 0 aromatic carbocycles. The summed E-state index contributed by atoms with van der Waals surface area (Å²) in [5.74, 6) is -1.13. The predicted molar refractivity (Wildman–Crippen MR) is 193 cm³/mol. The fourth-order valence-corrected chi connectivity index (χ4v) is 5.82. The quantitative estimate of drug-likeness (QED) is 0.0222. The van der Waals surface area contributed by atoms with E-state index in [1.165, 1.54) is 141 Å². The minimum Gasteiger partial charge on any atom is -0.462 e. The first-order valence-electron chi connectivity index (χ1n) is 19.2. The number of hydrogen-bond acceptors (Lipinski definition) is 6. The van der Waals surface area contributed by atoms with Crippen LogP contribution in [-0.2, 0) is 28.2 Å². The average molecular weight is 687 g/mol. The summed E-state index contributed by atoms with van der Waals surface area (Å²) in [7, 11) is -4.77.